The van der Waals surface area contributed by atoms with Crippen LogP contribution in [0.2, 0.25) is 0 Å². The molecule has 0 bridgehead atoms. The van der Waals surface area contributed by atoms with Gasteiger partial charge in [0.15, 0.2) is 0 Å². The summed E-state index contributed by atoms with van der Waals surface area (Å²) in [4.78, 5) is 15.5. The number of nitrogens with zero attached hydrogens (tertiary/aromatic N) is 1. The Kier molecular flexibility index (Phi) is 5.96. The number of amides is 1. The number of carbonyl (C=O) groups excluding carboxylic acids is 1. The van der Waals surface area contributed by atoms with Crippen LogP contribution in [0.15, 0.2) is 41.8 Å². The van der Waals surface area contributed by atoms with Gasteiger partial charge in [-0.15, -0.1) is 11.3 Å². The van der Waals surface area contributed by atoms with Crippen LogP contribution in [0.3, 0.4) is 0 Å². The average Bonchev–Trinajstić information content (AvgIpc) is 3.10. The second-order valence-electron chi connectivity index (χ2n) is 5.78. The summed E-state index contributed by atoms with van der Waals surface area (Å²) in [7, 11) is 0. The monoisotopic (exact) mass is 348 g/mol. The molecule has 2 aromatic rings. The van der Waals surface area contributed by atoms with Crippen molar-refractivity contribution in [3.05, 3.63) is 58.0 Å². The summed E-state index contributed by atoms with van der Waals surface area (Å²) in [5.74, 6) is -0.237. The first-order valence-corrected chi connectivity index (χ1v) is 8.96. The van der Waals surface area contributed by atoms with Crippen molar-refractivity contribution in [2.45, 2.75) is 12.5 Å². The first-order valence-electron chi connectivity index (χ1n) is 8.09. The van der Waals surface area contributed by atoms with Crippen LogP contribution >= 0.6 is 11.3 Å². The topological polar surface area (TPSA) is 41.6 Å². The minimum Gasteiger partial charge on any atom is -0.379 e. The number of benzene rings is 1. The Bertz CT molecular complexity index is 640. The molecule has 1 saturated heterocycles. The number of nitrogens with one attached hydrogen (secondary N) is 1. The highest BCUT2D eigenvalue weighted by atomic mass is 32.1. The summed E-state index contributed by atoms with van der Waals surface area (Å²) < 4.78 is 18.6. The van der Waals surface area contributed by atoms with Gasteiger partial charge in [0.25, 0.3) is 0 Å². The molecule has 0 unspecified atom stereocenters. The number of halogens is 1. The molecule has 1 aliphatic heterocycles. The zero-order chi connectivity index (χ0) is 16.8. The third kappa shape index (κ3) is 4.63. The molecule has 1 aliphatic rings. The summed E-state index contributed by atoms with van der Waals surface area (Å²) in [5.41, 5.74) is 1.01. The number of carbonyl (C=O) groups is 1. The summed E-state index contributed by atoms with van der Waals surface area (Å²) >= 11 is 1.58. The van der Waals surface area contributed by atoms with Gasteiger partial charge in [0.05, 0.1) is 25.7 Å². The Labute approximate surface area is 145 Å². The second kappa shape index (κ2) is 8.37. The van der Waals surface area contributed by atoms with Crippen molar-refractivity contribution in [1.29, 1.82) is 0 Å². The molecule has 6 heteroatoms. The zero-order valence-corrected chi connectivity index (χ0v) is 14.2. The molecule has 0 radical (unpaired) electrons. The summed E-state index contributed by atoms with van der Waals surface area (Å²) in [5, 5.41) is 4.99. The molecule has 1 amide bonds. The van der Waals surface area contributed by atoms with E-state index in [1.54, 1.807) is 23.5 Å². The lowest BCUT2D eigenvalue weighted by molar-refractivity contribution is -0.120. The van der Waals surface area contributed by atoms with E-state index in [9.17, 15) is 9.18 Å². The van der Waals surface area contributed by atoms with Gasteiger partial charge >= 0.3 is 0 Å². The van der Waals surface area contributed by atoms with Crippen LogP contribution in [-0.2, 0) is 16.0 Å². The number of thiophene rings is 1. The van der Waals surface area contributed by atoms with E-state index in [0.717, 1.165) is 23.5 Å². The lowest BCUT2D eigenvalue weighted by Gasteiger charge is -2.35. The molecule has 0 aliphatic carbocycles. The molecule has 2 heterocycles. The number of rotatable bonds is 6. The van der Waals surface area contributed by atoms with E-state index in [2.05, 4.69) is 10.2 Å². The first-order chi connectivity index (χ1) is 11.7. The average molecular weight is 348 g/mol. The standard InChI is InChI=1S/C18H21FN2O2S/c19-15-5-3-14(4-6-15)17(21-7-9-23-10-8-21)13-20-18(22)12-16-2-1-11-24-16/h1-6,11,17H,7-10,12-13H2,(H,20,22)/t17-/m0/s1. The van der Waals surface area contributed by atoms with Crippen LogP contribution in [0.25, 0.3) is 0 Å². The van der Waals surface area contributed by atoms with Crippen molar-refractivity contribution in [1.82, 2.24) is 10.2 Å². The highest BCUT2D eigenvalue weighted by molar-refractivity contribution is 7.10. The normalized spacial score (nSPS) is 16.7. The summed E-state index contributed by atoms with van der Waals surface area (Å²) in [6.07, 6.45) is 0.400. The van der Waals surface area contributed by atoms with Gasteiger partial charge in [-0.2, -0.15) is 0 Å². The van der Waals surface area contributed by atoms with Crippen molar-refractivity contribution in [3.63, 3.8) is 0 Å². The second-order valence-corrected chi connectivity index (χ2v) is 6.81. The van der Waals surface area contributed by atoms with Gasteiger partial charge in [-0.05, 0) is 29.1 Å². The van der Waals surface area contributed by atoms with Crippen molar-refractivity contribution >= 4 is 17.2 Å². The molecule has 0 saturated carbocycles. The maximum absolute atomic E-state index is 13.2. The molecular formula is C18H21FN2O2S. The van der Waals surface area contributed by atoms with E-state index < -0.39 is 0 Å². The first kappa shape index (κ1) is 17.1. The minimum atomic E-state index is -0.249. The molecule has 1 aromatic heterocycles. The van der Waals surface area contributed by atoms with Crippen molar-refractivity contribution < 1.29 is 13.9 Å². The predicted molar refractivity (Wildman–Crippen MR) is 92.6 cm³/mol. The fraction of sp³-hybridized carbons (Fsp3) is 0.389. The van der Waals surface area contributed by atoms with Crippen LogP contribution in [0.5, 0.6) is 0 Å². The predicted octanol–water partition coefficient (Wildman–Crippen LogP) is 2.62. The van der Waals surface area contributed by atoms with E-state index in [4.69, 9.17) is 4.74 Å². The Morgan fingerprint density at radius 2 is 2.00 bits per heavy atom. The quantitative estimate of drug-likeness (QED) is 0.873. The maximum atomic E-state index is 13.2. The molecule has 0 spiro atoms. The fourth-order valence-electron chi connectivity index (χ4n) is 2.88. The SMILES string of the molecule is O=C(Cc1cccs1)NC[C@@H](c1ccc(F)cc1)N1CCOCC1. The number of hydrogen-bond acceptors (Lipinski definition) is 4. The number of morpholine rings is 1. The van der Waals surface area contributed by atoms with Gasteiger partial charge in [0, 0.05) is 24.5 Å². The largest absolute Gasteiger partial charge is 0.379 e. The Morgan fingerprint density at radius 3 is 2.67 bits per heavy atom. The molecule has 1 atom stereocenters. The van der Waals surface area contributed by atoms with Crippen molar-refractivity contribution in [3.8, 4) is 0 Å². The maximum Gasteiger partial charge on any atom is 0.225 e. The van der Waals surface area contributed by atoms with Crippen LogP contribution in [0.1, 0.15) is 16.5 Å². The molecule has 3 rings (SSSR count). The van der Waals surface area contributed by atoms with Gasteiger partial charge in [0.1, 0.15) is 5.82 Å². The molecular weight excluding hydrogens is 327 g/mol. The van der Waals surface area contributed by atoms with Crippen LogP contribution < -0.4 is 5.32 Å². The highest BCUT2D eigenvalue weighted by Crippen LogP contribution is 2.21. The Hall–Kier alpha value is -1.76. The third-order valence-electron chi connectivity index (χ3n) is 4.15. The lowest BCUT2D eigenvalue weighted by Crippen LogP contribution is -2.44. The van der Waals surface area contributed by atoms with Crippen molar-refractivity contribution in [2.24, 2.45) is 0 Å². The van der Waals surface area contributed by atoms with E-state index in [1.807, 2.05) is 17.5 Å². The lowest BCUT2D eigenvalue weighted by atomic mass is 10.0. The zero-order valence-electron chi connectivity index (χ0n) is 13.4. The number of ether oxygens (including phenoxy) is 1. The molecule has 1 fully saturated rings. The minimum absolute atomic E-state index is 0.0119. The molecule has 1 N–H and O–H groups in total. The summed E-state index contributed by atoms with van der Waals surface area (Å²) in [6, 6.07) is 10.5. The van der Waals surface area contributed by atoms with Gasteiger partial charge in [-0.3, -0.25) is 9.69 Å². The van der Waals surface area contributed by atoms with Crippen LogP contribution in [-0.4, -0.2) is 43.7 Å². The van der Waals surface area contributed by atoms with Crippen molar-refractivity contribution in [2.75, 3.05) is 32.8 Å². The van der Waals surface area contributed by atoms with E-state index in [0.29, 0.717) is 26.2 Å². The third-order valence-corrected chi connectivity index (χ3v) is 5.03. The van der Waals surface area contributed by atoms with Gasteiger partial charge in [-0.1, -0.05) is 18.2 Å². The van der Waals surface area contributed by atoms with Gasteiger partial charge in [-0.25, -0.2) is 4.39 Å². The fourth-order valence-corrected chi connectivity index (χ4v) is 3.58. The number of hydrogen-bond donors (Lipinski definition) is 1. The molecule has 4 nitrogen and oxygen atoms in total. The van der Waals surface area contributed by atoms with Crippen LogP contribution in [0, 0.1) is 5.82 Å². The highest BCUT2D eigenvalue weighted by Gasteiger charge is 2.23. The summed E-state index contributed by atoms with van der Waals surface area (Å²) in [6.45, 7) is 3.49. The Morgan fingerprint density at radius 1 is 1.25 bits per heavy atom. The van der Waals surface area contributed by atoms with Gasteiger partial charge in [0.2, 0.25) is 5.91 Å². The van der Waals surface area contributed by atoms with E-state index in [-0.39, 0.29) is 17.8 Å². The van der Waals surface area contributed by atoms with E-state index >= 15 is 0 Å². The Balaban J connectivity index is 1.65. The molecule has 1 aromatic carbocycles. The molecule has 128 valence electrons. The van der Waals surface area contributed by atoms with E-state index in [1.165, 1.54) is 12.1 Å². The van der Waals surface area contributed by atoms with Gasteiger partial charge < -0.3 is 10.1 Å². The van der Waals surface area contributed by atoms with Crippen LogP contribution in [0.4, 0.5) is 4.39 Å². The molecule has 24 heavy (non-hydrogen) atoms. The smallest absolute Gasteiger partial charge is 0.225 e.